The van der Waals surface area contributed by atoms with Gasteiger partial charge in [0, 0.05) is 5.69 Å². The van der Waals surface area contributed by atoms with Crippen molar-refractivity contribution in [2.45, 2.75) is 25.4 Å². The fourth-order valence-electron chi connectivity index (χ4n) is 3.29. The molecule has 0 unspecified atom stereocenters. The third-order valence-corrected chi connectivity index (χ3v) is 6.88. The minimum atomic E-state index is -0.318. The molecule has 1 fully saturated rings. The highest BCUT2D eigenvalue weighted by Gasteiger charge is 2.27. The lowest BCUT2D eigenvalue weighted by atomic mass is 10.1. The Morgan fingerprint density at radius 2 is 1.97 bits per heavy atom. The standard InChI is InChI=1S/C25H21BrClFN2O2S/c1-2-15-6-8-19(9-7-15)29-25-30-24(31)22(33-25)13-17-11-20(26)23(21(27)12-17)32-14-16-4-3-5-18(28)10-16/h3-13,25,29H,2,14H2,1H3,(H,30,31)/b22-13-/t25-/m0/s1. The van der Waals surface area contributed by atoms with E-state index in [-0.39, 0.29) is 23.8 Å². The Kier molecular flexibility index (Phi) is 7.63. The Bertz CT molecular complexity index is 1180. The summed E-state index contributed by atoms with van der Waals surface area (Å²) in [6.45, 7) is 2.29. The maximum Gasteiger partial charge on any atom is 0.260 e. The minimum Gasteiger partial charge on any atom is -0.486 e. The Morgan fingerprint density at radius 1 is 1.18 bits per heavy atom. The van der Waals surface area contributed by atoms with E-state index in [2.05, 4.69) is 45.6 Å². The van der Waals surface area contributed by atoms with Crippen molar-refractivity contribution in [2.75, 3.05) is 5.32 Å². The highest BCUT2D eigenvalue weighted by atomic mass is 79.9. The van der Waals surface area contributed by atoms with Gasteiger partial charge in [0.1, 0.15) is 12.4 Å². The summed E-state index contributed by atoms with van der Waals surface area (Å²) < 4.78 is 19.8. The van der Waals surface area contributed by atoms with Crippen molar-refractivity contribution in [3.8, 4) is 5.75 Å². The maximum atomic E-state index is 13.4. The number of ether oxygens (including phenoxy) is 1. The number of carbonyl (C=O) groups is 1. The molecular weight excluding hydrogens is 527 g/mol. The van der Waals surface area contributed by atoms with Crippen molar-refractivity contribution in [3.05, 3.63) is 97.6 Å². The highest BCUT2D eigenvalue weighted by molar-refractivity contribution is 9.10. The van der Waals surface area contributed by atoms with Crippen LogP contribution in [-0.2, 0) is 17.8 Å². The predicted octanol–water partition coefficient (Wildman–Crippen LogP) is 6.98. The maximum absolute atomic E-state index is 13.4. The normalized spacial score (nSPS) is 16.7. The van der Waals surface area contributed by atoms with Crippen molar-refractivity contribution >= 4 is 57.0 Å². The molecule has 0 spiro atoms. The van der Waals surface area contributed by atoms with E-state index in [1.165, 1.54) is 29.5 Å². The van der Waals surface area contributed by atoms with E-state index in [0.29, 0.717) is 25.7 Å². The molecule has 3 aromatic carbocycles. The van der Waals surface area contributed by atoms with E-state index >= 15 is 0 Å². The smallest absolute Gasteiger partial charge is 0.260 e. The van der Waals surface area contributed by atoms with E-state index < -0.39 is 0 Å². The molecule has 1 heterocycles. The lowest BCUT2D eigenvalue weighted by Gasteiger charge is -2.13. The van der Waals surface area contributed by atoms with Crippen molar-refractivity contribution in [1.29, 1.82) is 0 Å². The SMILES string of the molecule is CCc1ccc(N[C@H]2NC(=O)/C(=C/c3cc(Cl)c(OCc4cccc(F)c4)c(Br)c3)S2)cc1. The van der Waals surface area contributed by atoms with E-state index in [9.17, 15) is 9.18 Å². The van der Waals surface area contributed by atoms with Gasteiger partial charge < -0.3 is 15.4 Å². The van der Waals surface area contributed by atoms with E-state index in [4.69, 9.17) is 16.3 Å². The average molecular weight is 548 g/mol. The molecule has 0 bridgehead atoms. The molecule has 8 heteroatoms. The van der Waals surface area contributed by atoms with Crippen LogP contribution in [0.2, 0.25) is 5.02 Å². The molecule has 1 atom stereocenters. The summed E-state index contributed by atoms with van der Waals surface area (Å²) in [5.74, 6) is -0.00984. The van der Waals surface area contributed by atoms with Crippen molar-refractivity contribution in [2.24, 2.45) is 0 Å². The number of thioether (sulfide) groups is 1. The Morgan fingerprint density at radius 3 is 2.67 bits per heavy atom. The van der Waals surface area contributed by atoms with E-state index in [1.807, 2.05) is 18.2 Å². The van der Waals surface area contributed by atoms with Crippen LogP contribution in [0.25, 0.3) is 6.08 Å². The van der Waals surface area contributed by atoms with Gasteiger partial charge in [-0.3, -0.25) is 4.79 Å². The van der Waals surface area contributed by atoms with Crippen LogP contribution in [0.4, 0.5) is 10.1 Å². The van der Waals surface area contributed by atoms with Gasteiger partial charge in [-0.15, -0.1) is 0 Å². The van der Waals surface area contributed by atoms with Crippen molar-refractivity contribution < 1.29 is 13.9 Å². The topological polar surface area (TPSA) is 50.4 Å². The molecule has 1 aliphatic rings. The monoisotopic (exact) mass is 546 g/mol. The van der Waals surface area contributed by atoms with Crippen molar-refractivity contribution in [1.82, 2.24) is 5.32 Å². The number of rotatable bonds is 7. The molecule has 4 nitrogen and oxygen atoms in total. The number of anilines is 1. The highest BCUT2D eigenvalue weighted by Crippen LogP contribution is 2.37. The summed E-state index contributed by atoms with van der Waals surface area (Å²) in [6, 6.07) is 17.9. The molecular formula is C25H21BrClFN2O2S. The first kappa shape index (κ1) is 23.7. The Hall–Kier alpha value is -2.48. The fraction of sp³-hybridized carbons (Fsp3) is 0.160. The number of benzene rings is 3. The number of carbonyl (C=O) groups excluding carboxylic acids is 1. The van der Waals surface area contributed by atoms with Crippen LogP contribution < -0.4 is 15.4 Å². The van der Waals surface area contributed by atoms with Gasteiger partial charge in [-0.05, 0) is 81.5 Å². The summed E-state index contributed by atoms with van der Waals surface area (Å²) in [5.41, 5.74) is 3.40. The van der Waals surface area contributed by atoms with Gasteiger partial charge in [0.2, 0.25) is 0 Å². The summed E-state index contributed by atoms with van der Waals surface area (Å²) in [7, 11) is 0. The van der Waals surface area contributed by atoms with Crippen LogP contribution in [0.5, 0.6) is 5.75 Å². The first-order valence-electron chi connectivity index (χ1n) is 10.3. The molecule has 3 aromatic rings. The quantitative estimate of drug-likeness (QED) is 0.313. The van der Waals surface area contributed by atoms with Gasteiger partial charge in [0.25, 0.3) is 5.91 Å². The van der Waals surface area contributed by atoms with Crippen LogP contribution in [0.3, 0.4) is 0 Å². The average Bonchev–Trinajstić information content (AvgIpc) is 3.12. The molecule has 1 amide bonds. The van der Waals surface area contributed by atoms with Crippen LogP contribution >= 0.6 is 39.3 Å². The molecule has 0 aliphatic carbocycles. The zero-order valence-electron chi connectivity index (χ0n) is 17.7. The first-order valence-corrected chi connectivity index (χ1v) is 12.4. The van der Waals surface area contributed by atoms with Crippen LogP contribution in [0, 0.1) is 5.82 Å². The lowest BCUT2D eigenvalue weighted by molar-refractivity contribution is -0.116. The summed E-state index contributed by atoms with van der Waals surface area (Å²) >= 11 is 11.3. The predicted molar refractivity (Wildman–Crippen MR) is 137 cm³/mol. The number of halogens is 3. The summed E-state index contributed by atoms with van der Waals surface area (Å²) in [4.78, 5) is 13.0. The van der Waals surface area contributed by atoms with Crippen LogP contribution in [0.15, 0.2) is 70.0 Å². The molecule has 2 N–H and O–H groups in total. The molecule has 1 saturated heterocycles. The molecule has 0 aromatic heterocycles. The second-order valence-corrected chi connectivity index (χ2v) is 9.82. The number of amides is 1. The molecule has 4 rings (SSSR count). The van der Waals surface area contributed by atoms with Gasteiger partial charge in [0.15, 0.2) is 11.2 Å². The van der Waals surface area contributed by atoms with Crippen molar-refractivity contribution in [3.63, 3.8) is 0 Å². The molecule has 0 saturated carbocycles. The minimum absolute atomic E-state index is 0.152. The zero-order valence-corrected chi connectivity index (χ0v) is 20.9. The zero-order chi connectivity index (χ0) is 23.4. The number of hydrogen-bond donors (Lipinski definition) is 2. The first-order chi connectivity index (χ1) is 15.9. The molecule has 0 radical (unpaired) electrons. The summed E-state index contributed by atoms with van der Waals surface area (Å²) in [6.07, 6.45) is 2.77. The number of nitrogens with one attached hydrogen (secondary N) is 2. The summed E-state index contributed by atoms with van der Waals surface area (Å²) in [5, 5.41) is 6.63. The largest absolute Gasteiger partial charge is 0.486 e. The van der Waals surface area contributed by atoms with Crippen LogP contribution in [-0.4, -0.2) is 11.4 Å². The second kappa shape index (κ2) is 10.6. The molecule has 1 aliphatic heterocycles. The van der Waals surface area contributed by atoms with Gasteiger partial charge in [0.05, 0.1) is 14.4 Å². The molecule has 170 valence electrons. The second-order valence-electron chi connectivity index (χ2n) is 7.41. The fourth-order valence-corrected chi connectivity index (χ4v) is 5.26. The van der Waals surface area contributed by atoms with Gasteiger partial charge in [-0.1, -0.05) is 54.6 Å². The van der Waals surface area contributed by atoms with E-state index in [0.717, 1.165) is 17.7 Å². The number of hydrogen-bond acceptors (Lipinski definition) is 4. The Balaban J connectivity index is 1.44. The van der Waals surface area contributed by atoms with E-state index in [1.54, 1.807) is 24.3 Å². The third kappa shape index (κ3) is 6.10. The number of aryl methyl sites for hydroxylation is 1. The third-order valence-electron chi connectivity index (χ3n) is 4.98. The molecule has 33 heavy (non-hydrogen) atoms. The van der Waals surface area contributed by atoms with Gasteiger partial charge in [-0.25, -0.2) is 4.39 Å². The van der Waals surface area contributed by atoms with Gasteiger partial charge >= 0.3 is 0 Å². The van der Waals surface area contributed by atoms with Gasteiger partial charge in [-0.2, -0.15) is 0 Å². The lowest BCUT2D eigenvalue weighted by Crippen LogP contribution is -2.30. The Labute approximate surface area is 209 Å². The van der Waals surface area contributed by atoms with Crippen LogP contribution in [0.1, 0.15) is 23.6 Å².